The first kappa shape index (κ1) is 17.4. The molecule has 0 aromatic carbocycles. The number of aryl methyl sites for hydroxylation is 1. The molecule has 0 spiro atoms. The van der Waals surface area contributed by atoms with Gasteiger partial charge >= 0.3 is 0 Å². The zero-order chi connectivity index (χ0) is 18.5. The highest BCUT2D eigenvalue weighted by Gasteiger charge is 2.24. The number of amides is 1. The molecule has 8 nitrogen and oxygen atoms in total. The number of pyridine rings is 1. The van der Waals surface area contributed by atoms with Gasteiger partial charge < -0.3 is 14.0 Å². The molecule has 1 fully saturated rings. The van der Waals surface area contributed by atoms with Crippen LogP contribution in [0.5, 0.6) is 0 Å². The van der Waals surface area contributed by atoms with Crippen LogP contribution >= 0.6 is 0 Å². The highest BCUT2D eigenvalue weighted by Crippen LogP contribution is 2.22. The van der Waals surface area contributed by atoms with Crippen LogP contribution in [0.3, 0.4) is 0 Å². The maximum Gasteiger partial charge on any atom is 0.276 e. The predicted molar refractivity (Wildman–Crippen MR) is 97.4 cm³/mol. The summed E-state index contributed by atoms with van der Waals surface area (Å²) in [5, 5.41) is 4.06. The number of rotatable bonds is 6. The maximum absolute atomic E-state index is 12.5. The highest BCUT2D eigenvalue weighted by atomic mass is 16.5. The van der Waals surface area contributed by atoms with E-state index in [1.165, 1.54) is 0 Å². The molecule has 1 atom stereocenters. The van der Waals surface area contributed by atoms with E-state index in [9.17, 15) is 4.79 Å². The van der Waals surface area contributed by atoms with Crippen molar-refractivity contribution in [3.63, 3.8) is 0 Å². The van der Waals surface area contributed by atoms with Crippen LogP contribution in [0.15, 0.2) is 47.6 Å². The molecule has 3 aromatic rings. The number of aromatic nitrogens is 5. The first-order valence-corrected chi connectivity index (χ1v) is 9.25. The molecule has 27 heavy (non-hydrogen) atoms. The molecule has 1 unspecified atom stereocenters. The van der Waals surface area contributed by atoms with Gasteiger partial charge in [0.15, 0.2) is 5.82 Å². The third-order valence-corrected chi connectivity index (χ3v) is 4.88. The van der Waals surface area contributed by atoms with Crippen LogP contribution in [0.4, 0.5) is 0 Å². The van der Waals surface area contributed by atoms with E-state index in [1.807, 2.05) is 33.9 Å². The molecule has 0 N–H and O–H groups in total. The summed E-state index contributed by atoms with van der Waals surface area (Å²) in [7, 11) is 0. The number of carbonyl (C=O) groups excluding carboxylic acids is 1. The van der Waals surface area contributed by atoms with Gasteiger partial charge in [-0.2, -0.15) is 4.98 Å². The quantitative estimate of drug-likeness (QED) is 0.664. The molecule has 1 aliphatic rings. The van der Waals surface area contributed by atoms with Gasteiger partial charge in [-0.05, 0) is 37.3 Å². The number of carbonyl (C=O) groups is 1. The monoisotopic (exact) mass is 366 g/mol. The van der Waals surface area contributed by atoms with E-state index in [2.05, 4.69) is 20.1 Å². The summed E-state index contributed by atoms with van der Waals surface area (Å²) in [4.78, 5) is 27.1. The van der Waals surface area contributed by atoms with Gasteiger partial charge in [-0.1, -0.05) is 11.2 Å². The predicted octanol–water partition coefficient (Wildman–Crippen LogP) is 2.20. The molecule has 1 amide bonds. The lowest BCUT2D eigenvalue weighted by Gasteiger charge is -2.32. The second kappa shape index (κ2) is 8.11. The zero-order valence-electron chi connectivity index (χ0n) is 15.1. The fourth-order valence-electron chi connectivity index (χ4n) is 3.45. The molecule has 0 aliphatic carbocycles. The minimum Gasteiger partial charge on any atom is -0.341 e. The molecule has 0 bridgehead atoms. The largest absolute Gasteiger partial charge is 0.341 e. The molecule has 1 saturated heterocycles. The minimum atomic E-state index is 0.148. The minimum absolute atomic E-state index is 0.148. The van der Waals surface area contributed by atoms with Crippen molar-refractivity contribution < 1.29 is 9.32 Å². The summed E-state index contributed by atoms with van der Waals surface area (Å²) in [5.41, 5.74) is 0.685. The zero-order valence-corrected chi connectivity index (χ0v) is 15.1. The Hall–Kier alpha value is -3.03. The lowest BCUT2D eigenvalue weighted by atomic mass is 9.93. The second-order valence-electron chi connectivity index (χ2n) is 6.85. The Balaban J connectivity index is 1.29. The Kier molecular flexibility index (Phi) is 5.22. The molecule has 4 rings (SSSR count). The van der Waals surface area contributed by atoms with E-state index in [1.54, 1.807) is 18.7 Å². The first-order valence-electron chi connectivity index (χ1n) is 9.25. The molecular formula is C19H22N6O2. The van der Waals surface area contributed by atoms with Crippen LogP contribution in [-0.2, 0) is 17.8 Å². The standard InChI is InChI=1S/C19H22N6O2/c26-18(13-24-11-9-20-14-24)25-10-3-4-15(12-25)6-7-17-22-19(27-23-17)16-5-1-2-8-21-16/h1-2,5,8-9,11,14-15H,3-4,6-7,10,12-13H2. The average Bonchev–Trinajstić information content (AvgIpc) is 3.39. The van der Waals surface area contributed by atoms with Crippen molar-refractivity contribution in [3.05, 3.63) is 48.9 Å². The molecule has 0 saturated carbocycles. The van der Waals surface area contributed by atoms with Crippen LogP contribution < -0.4 is 0 Å². The lowest BCUT2D eigenvalue weighted by molar-refractivity contribution is -0.133. The summed E-state index contributed by atoms with van der Waals surface area (Å²) in [6.07, 6.45) is 10.7. The Morgan fingerprint density at radius 1 is 1.30 bits per heavy atom. The van der Waals surface area contributed by atoms with Gasteiger partial charge in [0, 0.05) is 38.1 Å². The fraction of sp³-hybridized carbons (Fsp3) is 0.421. The SMILES string of the molecule is O=C(Cn1ccnc1)N1CCCC(CCc2noc(-c3ccccn3)n2)C1. The number of hydrogen-bond acceptors (Lipinski definition) is 6. The number of likely N-dealkylation sites (tertiary alicyclic amines) is 1. The van der Waals surface area contributed by atoms with Gasteiger partial charge in [0.25, 0.3) is 5.89 Å². The summed E-state index contributed by atoms with van der Waals surface area (Å²) in [6, 6.07) is 5.59. The van der Waals surface area contributed by atoms with Gasteiger partial charge in [-0.15, -0.1) is 0 Å². The fourth-order valence-corrected chi connectivity index (χ4v) is 3.45. The van der Waals surface area contributed by atoms with Crippen molar-refractivity contribution in [3.8, 4) is 11.6 Å². The van der Waals surface area contributed by atoms with Gasteiger partial charge in [0.2, 0.25) is 5.91 Å². The van der Waals surface area contributed by atoms with Crippen LogP contribution in [0.1, 0.15) is 25.1 Å². The van der Waals surface area contributed by atoms with E-state index in [4.69, 9.17) is 4.52 Å². The molecular weight excluding hydrogens is 344 g/mol. The van der Waals surface area contributed by atoms with Crippen molar-refractivity contribution in [2.45, 2.75) is 32.2 Å². The molecule has 4 heterocycles. The van der Waals surface area contributed by atoms with Gasteiger partial charge in [-0.3, -0.25) is 9.78 Å². The number of hydrogen-bond donors (Lipinski definition) is 0. The molecule has 140 valence electrons. The Morgan fingerprint density at radius 3 is 3.07 bits per heavy atom. The lowest BCUT2D eigenvalue weighted by Crippen LogP contribution is -2.41. The van der Waals surface area contributed by atoms with E-state index < -0.39 is 0 Å². The Bertz CT molecular complexity index is 861. The van der Waals surface area contributed by atoms with Crippen molar-refractivity contribution in [2.24, 2.45) is 5.92 Å². The van der Waals surface area contributed by atoms with Crippen LogP contribution in [0.2, 0.25) is 0 Å². The first-order chi connectivity index (χ1) is 13.3. The van der Waals surface area contributed by atoms with Crippen LogP contribution in [-0.4, -0.2) is 48.6 Å². The summed E-state index contributed by atoms with van der Waals surface area (Å²) < 4.78 is 7.12. The highest BCUT2D eigenvalue weighted by molar-refractivity contribution is 5.76. The summed E-state index contributed by atoms with van der Waals surface area (Å²) in [5.74, 6) is 1.75. The summed E-state index contributed by atoms with van der Waals surface area (Å²) >= 11 is 0. The second-order valence-corrected chi connectivity index (χ2v) is 6.85. The molecule has 8 heteroatoms. The maximum atomic E-state index is 12.5. The molecule has 0 radical (unpaired) electrons. The van der Waals surface area contributed by atoms with Gasteiger partial charge in [-0.25, -0.2) is 4.98 Å². The number of imidazole rings is 1. The van der Waals surface area contributed by atoms with E-state index >= 15 is 0 Å². The Labute approximate surface area is 157 Å². The van der Waals surface area contributed by atoms with E-state index in [0.717, 1.165) is 38.8 Å². The number of nitrogens with zero attached hydrogens (tertiary/aromatic N) is 6. The van der Waals surface area contributed by atoms with Crippen molar-refractivity contribution >= 4 is 5.91 Å². The average molecular weight is 366 g/mol. The third kappa shape index (κ3) is 4.39. The van der Waals surface area contributed by atoms with Crippen molar-refractivity contribution in [1.29, 1.82) is 0 Å². The summed E-state index contributed by atoms with van der Waals surface area (Å²) in [6.45, 7) is 1.97. The van der Waals surface area contributed by atoms with Crippen LogP contribution in [0, 0.1) is 5.92 Å². The van der Waals surface area contributed by atoms with Crippen molar-refractivity contribution in [2.75, 3.05) is 13.1 Å². The smallest absolute Gasteiger partial charge is 0.276 e. The van der Waals surface area contributed by atoms with Gasteiger partial charge in [0.05, 0.1) is 6.33 Å². The van der Waals surface area contributed by atoms with Crippen molar-refractivity contribution in [1.82, 2.24) is 29.6 Å². The number of piperidine rings is 1. The third-order valence-electron chi connectivity index (χ3n) is 4.88. The van der Waals surface area contributed by atoms with Gasteiger partial charge in [0.1, 0.15) is 12.2 Å². The van der Waals surface area contributed by atoms with E-state index in [-0.39, 0.29) is 5.91 Å². The van der Waals surface area contributed by atoms with Crippen LogP contribution in [0.25, 0.3) is 11.6 Å². The normalized spacial score (nSPS) is 17.2. The molecule has 3 aromatic heterocycles. The topological polar surface area (TPSA) is 89.9 Å². The molecule has 1 aliphatic heterocycles. The van der Waals surface area contributed by atoms with E-state index in [0.29, 0.717) is 29.9 Å². The Morgan fingerprint density at radius 2 is 2.26 bits per heavy atom.